The fourth-order valence-electron chi connectivity index (χ4n) is 4.25. The molecule has 170 valence electrons. The smallest absolute Gasteiger partial charge is 0.258 e. The molecule has 0 saturated carbocycles. The third-order valence-electron chi connectivity index (χ3n) is 5.88. The van der Waals surface area contributed by atoms with E-state index in [9.17, 15) is 14.4 Å². The van der Waals surface area contributed by atoms with Gasteiger partial charge < -0.3 is 25.0 Å². The van der Waals surface area contributed by atoms with Gasteiger partial charge in [0, 0.05) is 25.6 Å². The summed E-state index contributed by atoms with van der Waals surface area (Å²) in [6.07, 6.45) is 1.97. The van der Waals surface area contributed by atoms with Crippen LogP contribution in [0.25, 0.3) is 0 Å². The first kappa shape index (κ1) is 21.7. The second-order valence-electron chi connectivity index (χ2n) is 8.21. The Balaban J connectivity index is 1.65. The molecule has 2 atom stereocenters. The van der Waals surface area contributed by atoms with Gasteiger partial charge in [-0.15, -0.1) is 0 Å². The van der Waals surface area contributed by atoms with E-state index in [0.29, 0.717) is 29.1 Å². The van der Waals surface area contributed by atoms with Crippen molar-refractivity contribution in [2.24, 2.45) is 5.92 Å². The minimum Gasteiger partial charge on any atom is -0.497 e. The maximum absolute atomic E-state index is 13.1. The van der Waals surface area contributed by atoms with E-state index >= 15 is 0 Å². The minimum absolute atomic E-state index is 0.135. The van der Waals surface area contributed by atoms with Crippen molar-refractivity contribution in [3.8, 4) is 11.5 Å². The van der Waals surface area contributed by atoms with E-state index in [1.54, 1.807) is 18.2 Å². The van der Waals surface area contributed by atoms with Gasteiger partial charge in [-0.05, 0) is 30.9 Å². The van der Waals surface area contributed by atoms with Gasteiger partial charge in [0.05, 0.1) is 31.4 Å². The SMILES string of the molecule is COc1ccc(OC)c(NC(=O)C2CC(=O)Nc3nc(N4CCCC(C)C4)[nH]c(=O)c32)c1. The van der Waals surface area contributed by atoms with E-state index < -0.39 is 17.4 Å². The highest BCUT2D eigenvalue weighted by molar-refractivity contribution is 6.05. The van der Waals surface area contributed by atoms with Crippen LogP contribution in [0.1, 0.15) is 37.7 Å². The van der Waals surface area contributed by atoms with Crippen LogP contribution in [-0.2, 0) is 9.59 Å². The third-order valence-corrected chi connectivity index (χ3v) is 5.88. The van der Waals surface area contributed by atoms with Gasteiger partial charge >= 0.3 is 0 Å². The number of fused-ring (bicyclic) bond motifs is 1. The van der Waals surface area contributed by atoms with Gasteiger partial charge in [0.25, 0.3) is 5.56 Å². The Morgan fingerprint density at radius 3 is 2.78 bits per heavy atom. The second kappa shape index (κ2) is 8.89. The van der Waals surface area contributed by atoms with Crippen LogP contribution in [-0.4, -0.2) is 49.1 Å². The number of piperidine rings is 1. The zero-order valence-corrected chi connectivity index (χ0v) is 18.4. The summed E-state index contributed by atoms with van der Waals surface area (Å²) in [5, 5.41) is 5.42. The molecular weight excluding hydrogens is 414 g/mol. The summed E-state index contributed by atoms with van der Waals surface area (Å²) in [7, 11) is 3.00. The van der Waals surface area contributed by atoms with Crippen LogP contribution >= 0.6 is 0 Å². The molecule has 0 radical (unpaired) electrons. The average Bonchev–Trinajstić information content (AvgIpc) is 2.78. The first-order valence-corrected chi connectivity index (χ1v) is 10.6. The summed E-state index contributed by atoms with van der Waals surface area (Å²) in [5.41, 5.74) is 0.103. The quantitative estimate of drug-likeness (QED) is 0.649. The van der Waals surface area contributed by atoms with Crippen molar-refractivity contribution in [2.45, 2.75) is 32.1 Å². The van der Waals surface area contributed by atoms with Crippen LogP contribution in [0.15, 0.2) is 23.0 Å². The number of amides is 2. The Morgan fingerprint density at radius 2 is 2.06 bits per heavy atom. The zero-order valence-electron chi connectivity index (χ0n) is 18.4. The molecule has 32 heavy (non-hydrogen) atoms. The molecule has 2 unspecified atom stereocenters. The second-order valence-corrected chi connectivity index (χ2v) is 8.21. The van der Waals surface area contributed by atoms with E-state index in [-0.39, 0.29) is 23.7 Å². The first-order chi connectivity index (χ1) is 15.4. The number of anilines is 3. The molecule has 3 heterocycles. The predicted molar refractivity (Wildman–Crippen MR) is 120 cm³/mol. The normalized spacial score (nSPS) is 20.2. The van der Waals surface area contributed by atoms with E-state index in [4.69, 9.17) is 9.47 Å². The van der Waals surface area contributed by atoms with Gasteiger partial charge in [0.2, 0.25) is 17.8 Å². The molecule has 1 saturated heterocycles. The highest BCUT2D eigenvalue weighted by Crippen LogP contribution is 2.33. The number of hydrogen-bond donors (Lipinski definition) is 3. The van der Waals surface area contributed by atoms with E-state index in [2.05, 4.69) is 27.5 Å². The van der Waals surface area contributed by atoms with Crippen molar-refractivity contribution < 1.29 is 19.1 Å². The van der Waals surface area contributed by atoms with Crippen LogP contribution < -0.4 is 30.6 Å². The summed E-state index contributed by atoms with van der Waals surface area (Å²) in [5.74, 6) is 0.137. The predicted octanol–water partition coefficient (Wildman–Crippen LogP) is 2.09. The molecule has 1 aromatic heterocycles. The van der Waals surface area contributed by atoms with Gasteiger partial charge in [-0.2, -0.15) is 4.98 Å². The number of benzene rings is 1. The van der Waals surface area contributed by atoms with Crippen molar-refractivity contribution in [1.29, 1.82) is 0 Å². The molecule has 2 amide bonds. The number of nitrogens with one attached hydrogen (secondary N) is 3. The molecule has 1 fully saturated rings. The number of carbonyl (C=O) groups excluding carboxylic acids is 2. The number of rotatable bonds is 5. The summed E-state index contributed by atoms with van der Waals surface area (Å²) in [6.45, 7) is 3.70. The largest absolute Gasteiger partial charge is 0.497 e. The molecule has 0 bridgehead atoms. The number of aromatic amines is 1. The summed E-state index contributed by atoms with van der Waals surface area (Å²) in [6, 6.07) is 4.98. The lowest BCUT2D eigenvalue weighted by molar-refractivity contribution is -0.123. The van der Waals surface area contributed by atoms with Crippen molar-refractivity contribution in [3.05, 3.63) is 34.1 Å². The highest BCUT2D eigenvalue weighted by atomic mass is 16.5. The number of hydrogen-bond acceptors (Lipinski definition) is 7. The zero-order chi connectivity index (χ0) is 22.8. The maximum atomic E-state index is 13.1. The Bertz CT molecular complexity index is 1100. The monoisotopic (exact) mass is 441 g/mol. The third kappa shape index (κ3) is 4.25. The number of carbonyl (C=O) groups is 2. The number of aromatic nitrogens is 2. The molecule has 10 nitrogen and oxygen atoms in total. The molecule has 3 N–H and O–H groups in total. The molecule has 2 aliphatic heterocycles. The van der Waals surface area contributed by atoms with E-state index in [1.165, 1.54) is 14.2 Å². The molecule has 10 heteroatoms. The molecular formula is C22H27N5O5. The van der Waals surface area contributed by atoms with E-state index in [1.807, 2.05) is 4.90 Å². The molecule has 0 spiro atoms. The van der Waals surface area contributed by atoms with Crippen molar-refractivity contribution >= 4 is 29.3 Å². The number of methoxy groups -OCH3 is 2. The topological polar surface area (TPSA) is 126 Å². The van der Waals surface area contributed by atoms with Crippen LogP contribution in [0.3, 0.4) is 0 Å². The maximum Gasteiger partial charge on any atom is 0.258 e. The van der Waals surface area contributed by atoms with Crippen LogP contribution in [0.5, 0.6) is 11.5 Å². The Morgan fingerprint density at radius 1 is 1.25 bits per heavy atom. The summed E-state index contributed by atoms with van der Waals surface area (Å²) >= 11 is 0. The Kier molecular flexibility index (Phi) is 6.02. The fourth-order valence-corrected chi connectivity index (χ4v) is 4.25. The summed E-state index contributed by atoms with van der Waals surface area (Å²) in [4.78, 5) is 47.8. The van der Waals surface area contributed by atoms with Gasteiger partial charge in [-0.1, -0.05) is 6.92 Å². The van der Waals surface area contributed by atoms with Crippen molar-refractivity contribution in [1.82, 2.24) is 9.97 Å². The molecule has 0 aliphatic carbocycles. The highest BCUT2D eigenvalue weighted by Gasteiger charge is 2.35. The van der Waals surface area contributed by atoms with Gasteiger partial charge in [0.1, 0.15) is 17.3 Å². The Hall–Kier alpha value is -3.56. The molecule has 1 aromatic carbocycles. The van der Waals surface area contributed by atoms with Gasteiger partial charge in [-0.25, -0.2) is 0 Å². The number of ether oxygens (including phenoxy) is 2. The van der Waals surface area contributed by atoms with Gasteiger partial charge in [-0.3, -0.25) is 19.4 Å². The van der Waals surface area contributed by atoms with Crippen molar-refractivity contribution in [2.75, 3.05) is 42.8 Å². The summed E-state index contributed by atoms with van der Waals surface area (Å²) < 4.78 is 10.5. The number of H-pyrrole nitrogens is 1. The molecule has 2 aliphatic rings. The fraction of sp³-hybridized carbons (Fsp3) is 0.455. The first-order valence-electron chi connectivity index (χ1n) is 10.6. The van der Waals surface area contributed by atoms with E-state index in [0.717, 1.165) is 25.9 Å². The Labute approximate surface area is 185 Å². The molecule has 2 aromatic rings. The van der Waals surface area contributed by atoms with Crippen LogP contribution in [0.2, 0.25) is 0 Å². The lowest BCUT2D eigenvalue weighted by atomic mass is 9.92. The van der Waals surface area contributed by atoms with Crippen LogP contribution in [0, 0.1) is 5.92 Å². The number of nitrogens with zero attached hydrogens (tertiary/aromatic N) is 2. The molecule has 4 rings (SSSR count). The minimum atomic E-state index is -0.986. The van der Waals surface area contributed by atoms with Crippen molar-refractivity contribution in [3.63, 3.8) is 0 Å². The lowest BCUT2D eigenvalue weighted by Gasteiger charge is -2.32. The lowest BCUT2D eigenvalue weighted by Crippen LogP contribution is -2.40. The standard InChI is InChI=1S/C22H27N5O5/c1-12-5-4-8-27(11-12)22-25-19-18(21(30)26-22)14(10-17(28)24-19)20(29)23-15-9-13(31-2)6-7-16(15)32-3/h6-7,9,12,14H,4-5,8,10-11H2,1-3H3,(H,23,29)(H2,24,25,26,28,30). The van der Waals surface area contributed by atoms with Gasteiger partial charge in [0.15, 0.2) is 0 Å². The van der Waals surface area contributed by atoms with Crippen LogP contribution in [0.4, 0.5) is 17.5 Å². The average molecular weight is 441 g/mol.